The molecule has 0 radical (unpaired) electrons. The van der Waals surface area contributed by atoms with Crippen LogP contribution in [0.15, 0.2) is 65.4 Å². The lowest BCUT2D eigenvalue weighted by atomic mass is 10.1. The van der Waals surface area contributed by atoms with E-state index in [0.29, 0.717) is 6.61 Å². The monoisotopic (exact) mass is 342 g/mol. The molecule has 0 bridgehead atoms. The molecular weight excluding hydrogens is 328 g/mol. The summed E-state index contributed by atoms with van der Waals surface area (Å²) in [6, 6.07) is 16.0. The van der Waals surface area contributed by atoms with Gasteiger partial charge in [0.2, 0.25) is 0 Å². The van der Waals surface area contributed by atoms with E-state index in [1.54, 1.807) is 0 Å². The van der Waals surface area contributed by atoms with Crippen molar-refractivity contribution in [2.24, 2.45) is 0 Å². The second kappa shape index (κ2) is 6.14. The number of rotatable bonds is 4. The maximum atomic E-state index is 5.45. The molecule has 106 valence electrons. The Morgan fingerprint density at radius 2 is 1.86 bits per heavy atom. The number of aromatic nitrogens is 2. The lowest BCUT2D eigenvalue weighted by Gasteiger charge is -2.05. The van der Waals surface area contributed by atoms with Gasteiger partial charge in [-0.2, -0.15) is 5.10 Å². The smallest absolute Gasteiger partial charge is 0.119 e. The largest absolute Gasteiger partial charge is 0.494 e. The Balaban J connectivity index is 1.89. The first kappa shape index (κ1) is 13.9. The van der Waals surface area contributed by atoms with Crippen LogP contribution >= 0.6 is 15.9 Å². The Bertz CT molecular complexity index is 735. The summed E-state index contributed by atoms with van der Waals surface area (Å²) in [6.45, 7) is 2.65. The number of halogens is 1. The average molecular weight is 343 g/mol. The zero-order chi connectivity index (χ0) is 14.7. The lowest BCUT2D eigenvalue weighted by molar-refractivity contribution is 0.340. The van der Waals surface area contributed by atoms with Gasteiger partial charge in [0.25, 0.3) is 0 Å². The molecule has 21 heavy (non-hydrogen) atoms. The number of hydrogen-bond donors (Lipinski definition) is 0. The van der Waals surface area contributed by atoms with Gasteiger partial charge in [0.15, 0.2) is 0 Å². The third-order valence-corrected chi connectivity index (χ3v) is 3.87. The van der Waals surface area contributed by atoms with Crippen molar-refractivity contribution in [1.29, 1.82) is 0 Å². The van der Waals surface area contributed by atoms with Crippen LogP contribution < -0.4 is 4.74 Å². The molecule has 0 aliphatic heterocycles. The van der Waals surface area contributed by atoms with Crippen LogP contribution in [0, 0.1) is 0 Å². The van der Waals surface area contributed by atoms with Crippen LogP contribution in [0.2, 0.25) is 0 Å². The molecule has 1 aromatic heterocycles. The van der Waals surface area contributed by atoms with Crippen molar-refractivity contribution in [1.82, 2.24) is 9.78 Å². The van der Waals surface area contributed by atoms with Crippen LogP contribution in [0.3, 0.4) is 0 Å². The van der Waals surface area contributed by atoms with Crippen molar-refractivity contribution < 1.29 is 4.74 Å². The summed E-state index contributed by atoms with van der Waals surface area (Å²) in [4.78, 5) is 0. The third-order valence-electron chi connectivity index (χ3n) is 3.18. The highest BCUT2D eigenvalue weighted by Gasteiger charge is 2.06. The Kier molecular flexibility index (Phi) is 4.06. The normalized spacial score (nSPS) is 10.6. The van der Waals surface area contributed by atoms with E-state index in [1.165, 1.54) is 0 Å². The van der Waals surface area contributed by atoms with E-state index in [0.717, 1.165) is 27.0 Å². The fraction of sp³-hybridized carbons (Fsp3) is 0.118. The average Bonchev–Trinajstić information content (AvgIpc) is 2.98. The highest BCUT2D eigenvalue weighted by Crippen LogP contribution is 2.28. The second-order valence-electron chi connectivity index (χ2n) is 4.58. The SMILES string of the molecule is CCOc1ccc(-n2cc(-c3ccccc3Br)cn2)cc1. The number of benzene rings is 2. The molecule has 2 aromatic carbocycles. The van der Waals surface area contributed by atoms with Crippen LogP contribution in [0.25, 0.3) is 16.8 Å². The molecule has 1 heterocycles. The minimum atomic E-state index is 0.674. The van der Waals surface area contributed by atoms with E-state index in [9.17, 15) is 0 Å². The molecule has 0 saturated heterocycles. The molecule has 4 heteroatoms. The Morgan fingerprint density at radius 1 is 1.10 bits per heavy atom. The van der Waals surface area contributed by atoms with Gasteiger partial charge in [0, 0.05) is 16.2 Å². The first-order valence-electron chi connectivity index (χ1n) is 6.80. The fourth-order valence-electron chi connectivity index (χ4n) is 2.16. The maximum absolute atomic E-state index is 5.45. The van der Waals surface area contributed by atoms with Crippen LogP contribution in [0.5, 0.6) is 5.75 Å². The van der Waals surface area contributed by atoms with Crippen molar-refractivity contribution >= 4 is 15.9 Å². The predicted molar refractivity (Wildman–Crippen MR) is 87.9 cm³/mol. The summed E-state index contributed by atoms with van der Waals surface area (Å²) in [7, 11) is 0. The van der Waals surface area contributed by atoms with Crippen LogP contribution in [-0.4, -0.2) is 16.4 Å². The minimum Gasteiger partial charge on any atom is -0.494 e. The molecule has 0 aliphatic rings. The van der Waals surface area contributed by atoms with Gasteiger partial charge in [0.1, 0.15) is 5.75 Å². The van der Waals surface area contributed by atoms with E-state index in [2.05, 4.69) is 27.1 Å². The van der Waals surface area contributed by atoms with Gasteiger partial charge in [-0.25, -0.2) is 4.68 Å². The molecule has 0 N–H and O–H groups in total. The molecule has 0 saturated carbocycles. The van der Waals surface area contributed by atoms with E-state index < -0.39 is 0 Å². The molecule has 0 unspecified atom stereocenters. The molecule has 0 fully saturated rings. The van der Waals surface area contributed by atoms with Crippen LogP contribution in [0.4, 0.5) is 0 Å². The minimum absolute atomic E-state index is 0.674. The van der Waals surface area contributed by atoms with Gasteiger partial charge in [0.05, 0.1) is 18.5 Å². The summed E-state index contributed by atoms with van der Waals surface area (Å²) in [5.41, 5.74) is 3.22. The molecule has 0 atom stereocenters. The van der Waals surface area contributed by atoms with Crippen LogP contribution in [-0.2, 0) is 0 Å². The van der Waals surface area contributed by atoms with Crippen molar-refractivity contribution in [2.75, 3.05) is 6.61 Å². The Labute approximate surface area is 132 Å². The topological polar surface area (TPSA) is 27.1 Å². The predicted octanol–water partition coefficient (Wildman–Crippen LogP) is 4.70. The van der Waals surface area contributed by atoms with E-state index in [1.807, 2.05) is 66.5 Å². The van der Waals surface area contributed by atoms with Crippen molar-refractivity contribution in [3.05, 3.63) is 65.4 Å². The second-order valence-corrected chi connectivity index (χ2v) is 5.43. The first-order valence-corrected chi connectivity index (χ1v) is 7.60. The Hall–Kier alpha value is -2.07. The van der Waals surface area contributed by atoms with Gasteiger partial charge in [-0.15, -0.1) is 0 Å². The quantitative estimate of drug-likeness (QED) is 0.687. The van der Waals surface area contributed by atoms with Gasteiger partial charge in [-0.1, -0.05) is 34.1 Å². The standard InChI is InChI=1S/C17H15BrN2O/c1-2-21-15-9-7-14(8-10-15)20-12-13(11-19-20)16-5-3-4-6-17(16)18/h3-12H,2H2,1H3. The van der Waals surface area contributed by atoms with E-state index >= 15 is 0 Å². The summed E-state index contributed by atoms with van der Waals surface area (Å²) >= 11 is 3.57. The molecule has 3 aromatic rings. The highest BCUT2D eigenvalue weighted by molar-refractivity contribution is 9.10. The number of nitrogens with zero attached hydrogens (tertiary/aromatic N) is 2. The highest BCUT2D eigenvalue weighted by atomic mass is 79.9. The van der Waals surface area contributed by atoms with Crippen LogP contribution in [0.1, 0.15) is 6.92 Å². The molecule has 0 amide bonds. The van der Waals surface area contributed by atoms with Gasteiger partial charge < -0.3 is 4.74 Å². The molecule has 3 rings (SSSR count). The lowest BCUT2D eigenvalue weighted by Crippen LogP contribution is -1.95. The van der Waals surface area contributed by atoms with Crippen molar-refractivity contribution in [2.45, 2.75) is 6.92 Å². The molecule has 0 aliphatic carbocycles. The fourth-order valence-corrected chi connectivity index (χ4v) is 2.67. The summed E-state index contributed by atoms with van der Waals surface area (Å²) in [5, 5.41) is 4.43. The van der Waals surface area contributed by atoms with Gasteiger partial charge in [-0.05, 0) is 42.8 Å². The first-order chi connectivity index (χ1) is 10.3. The van der Waals surface area contributed by atoms with Gasteiger partial charge >= 0.3 is 0 Å². The summed E-state index contributed by atoms with van der Waals surface area (Å²) in [6.07, 6.45) is 3.90. The zero-order valence-electron chi connectivity index (χ0n) is 11.7. The summed E-state index contributed by atoms with van der Waals surface area (Å²) in [5.74, 6) is 0.874. The molecular formula is C17H15BrN2O. The molecule has 3 nitrogen and oxygen atoms in total. The van der Waals surface area contributed by atoms with E-state index in [4.69, 9.17) is 4.74 Å². The van der Waals surface area contributed by atoms with Gasteiger partial charge in [-0.3, -0.25) is 0 Å². The summed E-state index contributed by atoms with van der Waals surface area (Å²) < 4.78 is 8.38. The third kappa shape index (κ3) is 3.00. The number of hydrogen-bond acceptors (Lipinski definition) is 2. The Morgan fingerprint density at radius 3 is 2.57 bits per heavy atom. The van der Waals surface area contributed by atoms with Crippen molar-refractivity contribution in [3.63, 3.8) is 0 Å². The van der Waals surface area contributed by atoms with E-state index in [-0.39, 0.29) is 0 Å². The number of ether oxygens (including phenoxy) is 1. The molecule has 0 spiro atoms. The maximum Gasteiger partial charge on any atom is 0.119 e. The zero-order valence-corrected chi connectivity index (χ0v) is 13.2. The van der Waals surface area contributed by atoms with Crippen molar-refractivity contribution in [3.8, 4) is 22.6 Å².